The Morgan fingerprint density at radius 2 is 2.03 bits per heavy atom. The number of anilines is 2. The molecule has 0 fully saturated rings. The molecular formula is C20H21ClN8O. The van der Waals surface area contributed by atoms with Crippen LogP contribution in [0.25, 0.3) is 17.0 Å². The quantitative estimate of drug-likeness (QED) is 0.509. The second-order valence-electron chi connectivity index (χ2n) is 7.29. The van der Waals surface area contributed by atoms with Crippen LogP contribution in [0.2, 0.25) is 5.02 Å². The topological polar surface area (TPSA) is 102 Å². The van der Waals surface area contributed by atoms with Gasteiger partial charge < -0.3 is 10.6 Å². The van der Waals surface area contributed by atoms with Crippen molar-refractivity contribution in [3.05, 3.63) is 53.2 Å². The van der Waals surface area contributed by atoms with Gasteiger partial charge in [-0.3, -0.25) is 9.67 Å². The summed E-state index contributed by atoms with van der Waals surface area (Å²) in [6, 6.07) is 3.04. The maximum absolute atomic E-state index is 12.6. The summed E-state index contributed by atoms with van der Waals surface area (Å²) < 4.78 is 3.39. The lowest BCUT2D eigenvalue weighted by molar-refractivity contribution is 0.262. The summed E-state index contributed by atoms with van der Waals surface area (Å²) in [7, 11) is 1.82. The maximum atomic E-state index is 12.6. The standard InChI is InChI=1S/C20H21ClN8O/c1-11(2)17-16(9-23-29-10-12(3)24-19(17)29)26-20(30)25-13-7-14(21)18(22-8-13)15-5-6-28(4)27-15/h5-11H,1-4H3,(H2,25,26,30). The van der Waals surface area contributed by atoms with E-state index in [0.717, 1.165) is 16.9 Å². The zero-order chi connectivity index (χ0) is 21.4. The normalized spacial score (nSPS) is 11.3. The van der Waals surface area contributed by atoms with Crippen LogP contribution in [-0.4, -0.2) is 35.4 Å². The number of urea groups is 1. The molecule has 4 rings (SSSR count). The lowest BCUT2D eigenvalue weighted by Gasteiger charge is -2.15. The molecule has 0 atom stereocenters. The van der Waals surface area contributed by atoms with E-state index < -0.39 is 6.03 Å². The molecule has 0 saturated heterocycles. The highest BCUT2D eigenvalue weighted by atomic mass is 35.5. The Morgan fingerprint density at radius 3 is 2.70 bits per heavy atom. The summed E-state index contributed by atoms with van der Waals surface area (Å²) in [5, 5.41) is 14.6. The van der Waals surface area contributed by atoms with Crippen molar-refractivity contribution >= 4 is 34.7 Å². The minimum absolute atomic E-state index is 0.140. The monoisotopic (exact) mass is 424 g/mol. The van der Waals surface area contributed by atoms with Gasteiger partial charge in [0.2, 0.25) is 0 Å². The van der Waals surface area contributed by atoms with E-state index in [1.807, 2.05) is 46.3 Å². The second-order valence-corrected chi connectivity index (χ2v) is 7.69. The zero-order valence-corrected chi connectivity index (χ0v) is 17.8. The van der Waals surface area contributed by atoms with Crippen molar-refractivity contribution in [1.29, 1.82) is 0 Å². The van der Waals surface area contributed by atoms with E-state index in [1.165, 1.54) is 6.20 Å². The Labute approximate surface area is 178 Å². The number of fused-ring (bicyclic) bond motifs is 1. The first-order valence-corrected chi connectivity index (χ1v) is 9.78. The van der Waals surface area contributed by atoms with Crippen molar-refractivity contribution in [3.63, 3.8) is 0 Å². The van der Waals surface area contributed by atoms with Crippen LogP contribution in [0.15, 0.2) is 36.9 Å². The molecule has 2 N–H and O–H groups in total. The number of nitrogens with one attached hydrogen (secondary N) is 2. The third-order valence-electron chi connectivity index (χ3n) is 4.53. The fourth-order valence-corrected chi connectivity index (χ4v) is 3.52. The zero-order valence-electron chi connectivity index (χ0n) is 17.0. The van der Waals surface area contributed by atoms with Crippen molar-refractivity contribution in [2.75, 3.05) is 10.6 Å². The third kappa shape index (κ3) is 3.84. The van der Waals surface area contributed by atoms with E-state index in [-0.39, 0.29) is 5.92 Å². The van der Waals surface area contributed by atoms with Gasteiger partial charge in [0.15, 0.2) is 5.65 Å². The number of imidazole rings is 1. The van der Waals surface area contributed by atoms with Gasteiger partial charge in [-0.2, -0.15) is 10.2 Å². The van der Waals surface area contributed by atoms with Gasteiger partial charge in [0, 0.05) is 18.8 Å². The van der Waals surface area contributed by atoms with Crippen molar-refractivity contribution in [2.45, 2.75) is 26.7 Å². The maximum Gasteiger partial charge on any atom is 0.323 e. The molecule has 0 aromatic carbocycles. The highest BCUT2D eigenvalue weighted by Crippen LogP contribution is 2.29. The number of carbonyl (C=O) groups is 1. The first kappa shape index (κ1) is 19.8. The predicted octanol–water partition coefficient (Wildman–Crippen LogP) is 4.25. The van der Waals surface area contributed by atoms with Crippen LogP contribution >= 0.6 is 11.6 Å². The highest BCUT2D eigenvalue weighted by molar-refractivity contribution is 6.33. The molecule has 0 bridgehead atoms. The largest absolute Gasteiger partial charge is 0.323 e. The van der Waals surface area contributed by atoms with E-state index >= 15 is 0 Å². The Balaban J connectivity index is 1.55. The molecule has 9 nitrogen and oxygen atoms in total. The Hall–Kier alpha value is -3.46. The number of aromatic nitrogens is 6. The van der Waals surface area contributed by atoms with Gasteiger partial charge in [0.25, 0.3) is 0 Å². The molecule has 2 amide bonds. The first-order valence-electron chi connectivity index (χ1n) is 9.40. The van der Waals surface area contributed by atoms with E-state index in [4.69, 9.17) is 11.6 Å². The van der Waals surface area contributed by atoms with Crippen molar-refractivity contribution in [2.24, 2.45) is 7.05 Å². The van der Waals surface area contributed by atoms with Crippen LogP contribution in [0.5, 0.6) is 0 Å². The summed E-state index contributed by atoms with van der Waals surface area (Å²) >= 11 is 6.35. The van der Waals surface area contributed by atoms with Gasteiger partial charge in [0.05, 0.1) is 40.7 Å². The third-order valence-corrected chi connectivity index (χ3v) is 4.82. The molecule has 0 aliphatic rings. The average molecular weight is 425 g/mol. The molecule has 0 radical (unpaired) electrons. The van der Waals surface area contributed by atoms with Crippen LogP contribution in [0, 0.1) is 6.92 Å². The van der Waals surface area contributed by atoms with Gasteiger partial charge >= 0.3 is 6.03 Å². The van der Waals surface area contributed by atoms with Gasteiger partial charge in [-0.05, 0) is 25.0 Å². The van der Waals surface area contributed by atoms with Crippen LogP contribution in [0.4, 0.5) is 16.2 Å². The van der Waals surface area contributed by atoms with E-state index in [2.05, 4.69) is 30.8 Å². The molecule has 4 aromatic heterocycles. The lowest BCUT2D eigenvalue weighted by atomic mass is 10.0. The Bertz CT molecular complexity index is 1240. The molecule has 0 aliphatic heterocycles. The van der Waals surface area contributed by atoms with E-state index in [9.17, 15) is 4.79 Å². The van der Waals surface area contributed by atoms with Gasteiger partial charge in [0.1, 0.15) is 11.4 Å². The molecule has 0 saturated carbocycles. The lowest BCUT2D eigenvalue weighted by Crippen LogP contribution is -2.21. The number of rotatable bonds is 4. The molecule has 10 heteroatoms. The van der Waals surface area contributed by atoms with Crippen LogP contribution in [0.3, 0.4) is 0 Å². The number of aryl methyl sites for hydroxylation is 2. The SMILES string of the molecule is Cc1cn2ncc(NC(=O)Nc3cnc(-c4ccn(C)n4)c(Cl)c3)c(C(C)C)c2n1. The molecule has 4 aromatic rings. The Kier molecular flexibility index (Phi) is 5.13. The van der Waals surface area contributed by atoms with Crippen molar-refractivity contribution in [1.82, 2.24) is 29.4 Å². The number of carbonyl (C=O) groups excluding carboxylic acids is 1. The number of hydrogen-bond donors (Lipinski definition) is 2. The highest BCUT2D eigenvalue weighted by Gasteiger charge is 2.17. The summed E-state index contributed by atoms with van der Waals surface area (Å²) in [5.41, 5.74) is 4.78. The molecule has 0 spiro atoms. The first-order chi connectivity index (χ1) is 14.3. The molecule has 30 heavy (non-hydrogen) atoms. The Morgan fingerprint density at radius 1 is 1.23 bits per heavy atom. The summed E-state index contributed by atoms with van der Waals surface area (Å²) in [6.45, 7) is 5.99. The molecule has 0 aliphatic carbocycles. The average Bonchev–Trinajstić information content (AvgIpc) is 3.25. The molecule has 4 heterocycles. The smallest absolute Gasteiger partial charge is 0.306 e. The van der Waals surface area contributed by atoms with E-state index in [0.29, 0.717) is 27.8 Å². The van der Waals surface area contributed by atoms with Gasteiger partial charge in [-0.25, -0.2) is 14.3 Å². The van der Waals surface area contributed by atoms with Crippen LogP contribution in [-0.2, 0) is 7.05 Å². The van der Waals surface area contributed by atoms with Crippen molar-refractivity contribution < 1.29 is 4.79 Å². The second kappa shape index (κ2) is 7.75. The van der Waals surface area contributed by atoms with Crippen LogP contribution < -0.4 is 10.6 Å². The minimum atomic E-state index is -0.421. The number of pyridine rings is 1. The minimum Gasteiger partial charge on any atom is -0.306 e. The van der Waals surface area contributed by atoms with Gasteiger partial charge in [-0.1, -0.05) is 25.4 Å². The van der Waals surface area contributed by atoms with Crippen molar-refractivity contribution in [3.8, 4) is 11.4 Å². The molecule has 154 valence electrons. The number of nitrogens with zero attached hydrogens (tertiary/aromatic N) is 6. The molecular weight excluding hydrogens is 404 g/mol. The number of halogens is 1. The molecule has 0 unspecified atom stereocenters. The van der Waals surface area contributed by atoms with E-state index in [1.54, 1.807) is 21.5 Å². The predicted molar refractivity (Wildman–Crippen MR) is 116 cm³/mol. The summed E-state index contributed by atoms with van der Waals surface area (Å²) in [4.78, 5) is 21.5. The number of hydrogen-bond acceptors (Lipinski definition) is 5. The number of amides is 2. The fraction of sp³-hybridized carbons (Fsp3) is 0.250. The summed E-state index contributed by atoms with van der Waals surface area (Å²) in [5.74, 6) is 0.140. The van der Waals surface area contributed by atoms with Gasteiger partial charge in [-0.15, -0.1) is 0 Å². The fourth-order valence-electron chi connectivity index (χ4n) is 3.26. The van der Waals surface area contributed by atoms with Crippen LogP contribution in [0.1, 0.15) is 31.0 Å². The summed E-state index contributed by atoms with van der Waals surface area (Å²) in [6.07, 6.45) is 6.82.